The molecule has 0 saturated carbocycles. The highest BCUT2D eigenvalue weighted by Gasteiger charge is 2.25. The van der Waals surface area contributed by atoms with Crippen LogP contribution in [0, 0.1) is 0 Å². The van der Waals surface area contributed by atoms with Crippen LogP contribution in [0.3, 0.4) is 0 Å². The molecule has 0 unspecified atom stereocenters. The van der Waals surface area contributed by atoms with Crippen LogP contribution in [0.15, 0.2) is 47.3 Å². The number of esters is 1. The van der Waals surface area contributed by atoms with E-state index in [0.717, 1.165) is 0 Å². The molecule has 1 atom stereocenters. The van der Waals surface area contributed by atoms with Crippen molar-refractivity contribution in [2.75, 3.05) is 13.2 Å². The highest BCUT2D eigenvalue weighted by molar-refractivity contribution is 6.05. The van der Waals surface area contributed by atoms with E-state index in [1.165, 1.54) is 0 Å². The first-order valence-electron chi connectivity index (χ1n) is 7.06. The maximum atomic E-state index is 12.5. The SMILES string of the molecule is O=C(OC[C@@H]1CO1)c1cccc2c(=O)c3ccccc3[nH]c12. The number of fused-ring (bicyclic) bond motifs is 2. The van der Waals surface area contributed by atoms with Crippen molar-refractivity contribution in [3.8, 4) is 0 Å². The van der Waals surface area contributed by atoms with Gasteiger partial charge in [0.1, 0.15) is 12.7 Å². The van der Waals surface area contributed by atoms with Crippen LogP contribution in [-0.4, -0.2) is 30.3 Å². The predicted octanol–water partition coefficient (Wildman–Crippen LogP) is 2.24. The molecule has 0 aliphatic carbocycles. The predicted molar refractivity (Wildman–Crippen MR) is 82.1 cm³/mol. The number of benzene rings is 2. The minimum Gasteiger partial charge on any atom is -0.459 e. The lowest BCUT2D eigenvalue weighted by Crippen LogP contribution is -2.13. The Balaban J connectivity index is 1.87. The third-order valence-electron chi connectivity index (χ3n) is 3.76. The largest absolute Gasteiger partial charge is 0.459 e. The zero-order chi connectivity index (χ0) is 15.1. The van der Waals surface area contributed by atoms with Gasteiger partial charge in [-0.1, -0.05) is 18.2 Å². The van der Waals surface area contributed by atoms with Crippen molar-refractivity contribution in [3.63, 3.8) is 0 Å². The Morgan fingerprint density at radius 3 is 2.77 bits per heavy atom. The van der Waals surface area contributed by atoms with Crippen molar-refractivity contribution in [1.29, 1.82) is 0 Å². The van der Waals surface area contributed by atoms with Crippen molar-refractivity contribution in [2.24, 2.45) is 0 Å². The Kier molecular flexibility index (Phi) is 2.94. The van der Waals surface area contributed by atoms with Crippen LogP contribution < -0.4 is 5.43 Å². The monoisotopic (exact) mass is 295 g/mol. The van der Waals surface area contributed by atoms with Crippen molar-refractivity contribution in [1.82, 2.24) is 4.98 Å². The Morgan fingerprint density at radius 1 is 1.18 bits per heavy atom. The second-order valence-corrected chi connectivity index (χ2v) is 5.28. The number of epoxide rings is 1. The fourth-order valence-corrected chi connectivity index (χ4v) is 2.53. The summed E-state index contributed by atoms with van der Waals surface area (Å²) in [7, 11) is 0. The minimum atomic E-state index is -0.452. The van der Waals surface area contributed by atoms with Crippen molar-refractivity contribution >= 4 is 27.8 Å². The molecule has 3 aromatic rings. The number of carbonyl (C=O) groups excluding carboxylic acids is 1. The number of aromatic amines is 1. The summed E-state index contributed by atoms with van der Waals surface area (Å²) >= 11 is 0. The summed E-state index contributed by atoms with van der Waals surface area (Å²) in [4.78, 5) is 28.0. The normalized spacial score (nSPS) is 16.8. The molecule has 0 radical (unpaired) electrons. The number of nitrogens with one attached hydrogen (secondary N) is 1. The molecule has 5 nitrogen and oxygen atoms in total. The molecule has 110 valence electrons. The van der Waals surface area contributed by atoms with Gasteiger partial charge in [0.05, 0.1) is 17.7 Å². The van der Waals surface area contributed by atoms with Gasteiger partial charge in [-0.05, 0) is 24.3 Å². The first-order chi connectivity index (χ1) is 10.7. The zero-order valence-corrected chi connectivity index (χ0v) is 11.7. The molecule has 1 N–H and O–H groups in total. The average Bonchev–Trinajstić information content (AvgIpc) is 3.37. The minimum absolute atomic E-state index is 0.0128. The van der Waals surface area contributed by atoms with Gasteiger partial charge >= 0.3 is 5.97 Å². The van der Waals surface area contributed by atoms with Crippen LogP contribution >= 0.6 is 0 Å². The summed E-state index contributed by atoms with van der Waals surface area (Å²) in [6, 6.07) is 12.3. The fraction of sp³-hybridized carbons (Fsp3) is 0.176. The number of para-hydroxylation sites is 2. The molecule has 2 aromatic carbocycles. The lowest BCUT2D eigenvalue weighted by Gasteiger charge is -2.08. The van der Waals surface area contributed by atoms with Gasteiger partial charge in [-0.2, -0.15) is 0 Å². The number of pyridine rings is 1. The van der Waals surface area contributed by atoms with Gasteiger partial charge in [-0.3, -0.25) is 4.79 Å². The van der Waals surface area contributed by atoms with E-state index in [-0.39, 0.29) is 18.1 Å². The Hall–Kier alpha value is -2.66. The number of aromatic nitrogens is 1. The van der Waals surface area contributed by atoms with E-state index in [1.807, 2.05) is 18.2 Å². The van der Waals surface area contributed by atoms with Crippen LogP contribution in [0.2, 0.25) is 0 Å². The van der Waals surface area contributed by atoms with Gasteiger partial charge in [0, 0.05) is 16.3 Å². The van der Waals surface area contributed by atoms with E-state index >= 15 is 0 Å². The van der Waals surface area contributed by atoms with Gasteiger partial charge in [0.2, 0.25) is 0 Å². The molecule has 22 heavy (non-hydrogen) atoms. The lowest BCUT2D eigenvalue weighted by atomic mass is 10.1. The summed E-state index contributed by atoms with van der Waals surface area (Å²) in [5, 5.41) is 1.09. The number of carbonyl (C=O) groups is 1. The first-order valence-corrected chi connectivity index (χ1v) is 7.06. The van der Waals surface area contributed by atoms with E-state index in [1.54, 1.807) is 24.3 Å². The van der Waals surface area contributed by atoms with Crippen LogP contribution in [-0.2, 0) is 9.47 Å². The molecule has 1 aromatic heterocycles. The molecule has 1 aliphatic rings. The number of H-pyrrole nitrogens is 1. The van der Waals surface area contributed by atoms with Gasteiger partial charge in [-0.15, -0.1) is 0 Å². The van der Waals surface area contributed by atoms with E-state index in [0.29, 0.717) is 34.0 Å². The zero-order valence-electron chi connectivity index (χ0n) is 11.7. The fourth-order valence-electron chi connectivity index (χ4n) is 2.53. The first kappa shape index (κ1) is 13.0. The van der Waals surface area contributed by atoms with Crippen molar-refractivity contribution in [2.45, 2.75) is 6.10 Å². The number of hydrogen-bond acceptors (Lipinski definition) is 4. The van der Waals surface area contributed by atoms with E-state index < -0.39 is 5.97 Å². The maximum absolute atomic E-state index is 12.5. The summed E-state index contributed by atoms with van der Waals surface area (Å²) < 4.78 is 10.3. The van der Waals surface area contributed by atoms with E-state index in [2.05, 4.69) is 4.98 Å². The topological polar surface area (TPSA) is 71.7 Å². The van der Waals surface area contributed by atoms with Gasteiger partial charge in [0.15, 0.2) is 5.43 Å². The molecule has 1 saturated heterocycles. The molecule has 1 fully saturated rings. The molecule has 1 aliphatic heterocycles. The Labute approximate surface area is 125 Å². The Morgan fingerprint density at radius 2 is 1.95 bits per heavy atom. The standard InChI is InChI=1S/C17H13NO4/c19-16-11-4-1-2-7-14(11)18-15-12(16)5-3-6-13(15)17(20)22-9-10-8-21-10/h1-7,10H,8-9H2,(H,18,19)/t10-/m0/s1. The number of hydrogen-bond donors (Lipinski definition) is 1. The van der Waals surface area contributed by atoms with Gasteiger partial charge in [0.25, 0.3) is 0 Å². The summed E-state index contributed by atoms with van der Waals surface area (Å²) in [5.74, 6) is -0.452. The van der Waals surface area contributed by atoms with Crippen LogP contribution in [0.1, 0.15) is 10.4 Å². The van der Waals surface area contributed by atoms with Crippen LogP contribution in [0.25, 0.3) is 21.8 Å². The molecule has 0 bridgehead atoms. The molecular weight excluding hydrogens is 282 g/mol. The number of rotatable bonds is 3. The summed E-state index contributed by atoms with van der Waals surface area (Å²) in [6.45, 7) is 0.872. The van der Waals surface area contributed by atoms with Gasteiger partial charge < -0.3 is 14.5 Å². The highest BCUT2D eigenvalue weighted by atomic mass is 16.6. The molecule has 0 amide bonds. The molecule has 0 spiro atoms. The quantitative estimate of drug-likeness (QED) is 0.457. The van der Waals surface area contributed by atoms with Gasteiger partial charge in [-0.25, -0.2) is 4.79 Å². The van der Waals surface area contributed by atoms with E-state index in [4.69, 9.17) is 9.47 Å². The van der Waals surface area contributed by atoms with Crippen molar-refractivity contribution in [3.05, 3.63) is 58.3 Å². The third-order valence-corrected chi connectivity index (χ3v) is 3.76. The maximum Gasteiger partial charge on any atom is 0.340 e. The number of ether oxygens (including phenoxy) is 2. The summed E-state index contributed by atoms with van der Waals surface area (Å²) in [6.07, 6.45) is 0.0128. The van der Waals surface area contributed by atoms with Crippen molar-refractivity contribution < 1.29 is 14.3 Å². The smallest absolute Gasteiger partial charge is 0.340 e. The molecule has 5 heteroatoms. The van der Waals surface area contributed by atoms with E-state index in [9.17, 15) is 9.59 Å². The molecule has 4 rings (SSSR count). The van der Waals surface area contributed by atoms with Crippen LogP contribution in [0.5, 0.6) is 0 Å². The highest BCUT2D eigenvalue weighted by Crippen LogP contribution is 2.19. The second kappa shape index (κ2) is 4.96. The Bertz CT molecular complexity index is 940. The van der Waals surface area contributed by atoms with Crippen LogP contribution in [0.4, 0.5) is 0 Å². The second-order valence-electron chi connectivity index (χ2n) is 5.28. The molecular formula is C17H13NO4. The third kappa shape index (κ3) is 2.16. The molecule has 2 heterocycles. The lowest BCUT2D eigenvalue weighted by molar-refractivity contribution is 0.0479. The summed E-state index contributed by atoms with van der Waals surface area (Å²) in [5.41, 5.74) is 1.48. The average molecular weight is 295 g/mol.